The Labute approximate surface area is 103 Å². The highest BCUT2D eigenvalue weighted by Gasteiger charge is 2.28. The summed E-state index contributed by atoms with van der Waals surface area (Å²) in [7, 11) is 0. The number of nitrogens with zero attached hydrogens (tertiary/aromatic N) is 1. The molecule has 0 spiro atoms. The molecular weight excluding hydrogens is 268 g/mol. The Bertz CT molecular complexity index is 443. The van der Waals surface area contributed by atoms with Gasteiger partial charge in [0.15, 0.2) is 0 Å². The van der Waals surface area contributed by atoms with Crippen LogP contribution in [0.5, 0.6) is 0 Å². The van der Waals surface area contributed by atoms with Crippen LogP contribution in [0.15, 0.2) is 22.7 Å². The molecule has 1 aliphatic carbocycles. The Hall–Kier alpha value is -1.03. The molecule has 0 radical (unpaired) electrons. The zero-order valence-electron chi connectivity index (χ0n) is 8.87. The van der Waals surface area contributed by atoms with E-state index >= 15 is 0 Å². The summed E-state index contributed by atoms with van der Waals surface area (Å²) in [6.07, 6.45) is 2.27. The lowest BCUT2D eigenvalue weighted by atomic mass is 10.1. The number of amides is 2. The molecule has 3 nitrogen and oxygen atoms in total. The Morgan fingerprint density at radius 1 is 1.31 bits per heavy atom. The molecule has 2 amide bonds. The van der Waals surface area contributed by atoms with E-state index in [-0.39, 0.29) is 6.03 Å². The van der Waals surface area contributed by atoms with Crippen molar-refractivity contribution in [2.24, 2.45) is 0 Å². The van der Waals surface area contributed by atoms with Crippen LogP contribution in [-0.2, 0) is 13.1 Å². The van der Waals surface area contributed by atoms with Crippen molar-refractivity contribution in [3.05, 3.63) is 33.8 Å². The summed E-state index contributed by atoms with van der Waals surface area (Å²) < 4.78 is 1.08. The summed E-state index contributed by atoms with van der Waals surface area (Å²) >= 11 is 3.45. The first-order valence-electron chi connectivity index (χ1n) is 5.55. The summed E-state index contributed by atoms with van der Waals surface area (Å²) in [5.41, 5.74) is 2.51. The molecule has 16 heavy (non-hydrogen) atoms. The van der Waals surface area contributed by atoms with Crippen LogP contribution < -0.4 is 5.32 Å². The normalized spacial score (nSPS) is 18.4. The topological polar surface area (TPSA) is 32.3 Å². The molecule has 1 saturated carbocycles. The Balaban J connectivity index is 1.71. The van der Waals surface area contributed by atoms with Gasteiger partial charge in [-0.3, -0.25) is 0 Å². The minimum Gasteiger partial charge on any atom is -0.335 e. The number of benzene rings is 1. The van der Waals surface area contributed by atoms with E-state index in [2.05, 4.69) is 33.4 Å². The summed E-state index contributed by atoms with van der Waals surface area (Å²) in [6, 6.07) is 6.72. The summed E-state index contributed by atoms with van der Waals surface area (Å²) in [5, 5.41) is 3.02. The lowest BCUT2D eigenvalue weighted by Gasteiger charge is -2.15. The van der Waals surface area contributed by atoms with Gasteiger partial charge in [0, 0.05) is 23.6 Å². The quantitative estimate of drug-likeness (QED) is 0.843. The van der Waals surface area contributed by atoms with Gasteiger partial charge in [0.2, 0.25) is 0 Å². The number of rotatable bonds is 1. The third-order valence-corrected chi connectivity index (χ3v) is 3.58. The highest BCUT2D eigenvalue weighted by Crippen LogP contribution is 2.26. The van der Waals surface area contributed by atoms with Crippen molar-refractivity contribution in [3.8, 4) is 0 Å². The standard InChI is InChI=1S/C12H13BrN2O/c13-10-2-1-8-6-15(7-9(8)5-10)12(16)14-11-3-4-11/h1-2,5,11H,3-4,6-7H2,(H,14,16). The molecule has 1 aromatic carbocycles. The van der Waals surface area contributed by atoms with Gasteiger partial charge in [-0.25, -0.2) is 4.79 Å². The Morgan fingerprint density at radius 2 is 2.06 bits per heavy atom. The fourth-order valence-electron chi connectivity index (χ4n) is 2.00. The maximum absolute atomic E-state index is 11.9. The molecular formula is C12H13BrN2O. The smallest absolute Gasteiger partial charge is 0.318 e. The molecule has 4 heteroatoms. The molecule has 0 saturated heterocycles. The van der Waals surface area contributed by atoms with E-state index in [0.29, 0.717) is 6.04 Å². The number of nitrogens with one attached hydrogen (secondary N) is 1. The molecule has 0 aromatic heterocycles. The van der Waals surface area contributed by atoms with E-state index in [1.54, 1.807) is 0 Å². The molecule has 84 valence electrons. The minimum atomic E-state index is 0.0785. The van der Waals surface area contributed by atoms with Gasteiger partial charge >= 0.3 is 6.03 Å². The first kappa shape index (κ1) is 10.1. The maximum atomic E-state index is 11.9. The fraction of sp³-hybridized carbons (Fsp3) is 0.417. The number of carbonyl (C=O) groups is 1. The molecule has 3 rings (SSSR count). The van der Waals surface area contributed by atoms with Crippen molar-refractivity contribution in [1.29, 1.82) is 0 Å². The summed E-state index contributed by atoms with van der Waals surface area (Å²) in [5.74, 6) is 0. The van der Waals surface area contributed by atoms with Crippen LogP contribution in [0.4, 0.5) is 4.79 Å². The number of carbonyl (C=O) groups excluding carboxylic acids is 1. The van der Waals surface area contributed by atoms with Crippen molar-refractivity contribution in [2.75, 3.05) is 0 Å². The van der Waals surface area contributed by atoms with Gasteiger partial charge in [0.25, 0.3) is 0 Å². The zero-order valence-corrected chi connectivity index (χ0v) is 10.5. The van der Waals surface area contributed by atoms with Gasteiger partial charge in [-0.1, -0.05) is 22.0 Å². The van der Waals surface area contributed by atoms with Crippen molar-refractivity contribution >= 4 is 22.0 Å². The Kier molecular flexibility index (Phi) is 2.39. The van der Waals surface area contributed by atoms with Gasteiger partial charge in [0.1, 0.15) is 0 Å². The molecule has 2 aliphatic rings. The van der Waals surface area contributed by atoms with Gasteiger partial charge in [-0.15, -0.1) is 0 Å². The third kappa shape index (κ3) is 1.94. The van der Waals surface area contributed by atoms with Gasteiger partial charge in [-0.2, -0.15) is 0 Å². The first-order chi connectivity index (χ1) is 7.72. The van der Waals surface area contributed by atoms with Crippen LogP contribution >= 0.6 is 15.9 Å². The summed E-state index contributed by atoms with van der Waals surface area (Å²) in [4.78, 5) is 13.7. The Morgan fingerprint density at radius 3 is 2.81 bits per heavy atom. The van der Waals surface area contributed by atoms with Crippen LogP contribution in [0.1, 0.15) is 24.0 Å². The fourth-order valence-corrected chi connectivity index (χ4v) is 2.41. The number of hydrogen-bond acceptors (Lipinski definition) is 1. The van der Waals surface area contributed by atoms with E-state index in [0.717, 1.165) is 30.4 Å². The van der Waals surface area contributed by atoms with Crippen molar-refractivity contribution in [3.63, 3.8) is 0 Å². The predicted molar refractivity (Wildman–Crippen MR) is 64.9 cm³/mol. The average Bonchev–Trinajstić information content (AvgIpc) is 2.95. The van der Waals surface area contributed by atoms with Crippen LogP contribution in [0, 0.1) is 0 Å². The molecule has 1 fully saturated rings. The van der Waals surface area contributed by atoms with Gasteiger partial charge in [0.05, 0.1) is 0 Å². The second-order valence-corrected chi connectivity index (χ2v) is 5.41. The van der Waals surface area contributed by atoms with E-state index in [1.807, 2.05) is 11.0 Å². The minimum absolute atomic E-state index is 0.0785. The summed E-state index contributed by atoms with van der Waals surface area (Å²) in [6.45, 7) is 1.47. The van der Waals surface area contributed by atoms with E-state index < -0.39 is 0 Å². The van der Waals surface area contributed by atoms with Crippen LogP contribution in [0.3, 0.4) is 0 Å². The first-order valence-corrected chi connectivity index (χ1v) is 6.34. The van der Waals surface area contributed by atoms with Crippen molar-refractivity contribution in [1.82, 2.24) is 10.2 Å². The molecule has 1 N–H and O–H groups in total. The lowest BCUT2D eigenvalue weighted by Crippen LogP contribution is -2.37. The third-order valence-electron chi connectivity index (χ3n) is 3.08. The van der Waals surface area contributed by atoms with E-state index in [4.69, 9.17) is 0 Å². The predicted octanol–water partition coefficient (Wildman–Crippen LogP) is 2.64. The van der Waals surface area contributed by atoms with Crippen molar-refractivity contribution in [2.45, 2.75) is 32.0 Å². The van der Waals surface area contributed by atoms with Crippen molar-refractivity contribution < 1.29 is 4.79 Å². The second-order valence-electron chi connectivity index (χ2n) is 4.49. The SMILES string of the molecule is O=C(NC1CC1)N1Cc2ccc(Br)cc2C1. The second kappa shape index (κ2) is 3.77. The van der Waals surface area contributed by atoms with Gasteiger partial charge < -0.3 is 10.2 Å². The van der Waals surface area contributed by atoms with Crippen LogP contribution in [-0.4, -0.2) is 17.0 Å². The lowest BCUT2D eigenvalue weighted by molar-refractivity contribution is 0.198. The number of fused-ring (bicyclic) bond motifs is 1. The molecule has 0 bridgehead atoms. The number of hydrogen-bond donors (Lipinski definition) is 1. The van der Waals surface area contributed by atoms with Crippen LogP contribution in [0.25, 0.3) is 0 Å². The highest BCUT2D eigenvalue weighted by molar-refractivity contribution is 9.10. The van der Waals surface area contributed by atoms with E-state index in [1.165, 1.54) is 11.1 Å². The number of urea groups is 1. The maximum Gasteiger partial charge on any atom is 0.318 e. The highest BCUT2D eigenvalue weighted by atomic mass is 79.9. The molecule has 0 atom stereocenters. The van der Waals surface area contributed by atoms with E-state index in [9.17, 15) is 4.79 Å². The molecule has 1 aliphatic heterocycles. The largest absolute Gasteiger partial charge is 0.335 e. The number of halogens is 1. The molecule has 0 unspecified atom stereocenters. The average molecular weight is 281 g/mol. The zero-order chi connectivity index (χ0) is 11.1. The van der Waals surface area contributed by atoms with Crippen LogP contribution in [0.2, 0.25) is 0 Å². The molecule has 1 aromatic rings. The molecule has 1 heterocycles. The monoisotopic (exact) mass is 280 g/mol. The van der Waals surface area contributed by atoms with Gasteiger partial charge in [-0.05, 0) is 36.1 Å².